The summed E-state index contributed by atoms with van der Waals surface area (Å²) in [5, 5.41) is 8.67. The maximum atomic E-state index is 12.0. The third-order valence-corrected chi connectivity index (χ3v) is 5.08. The number of carbonyl (C=O) groups excluding carboxylic acids is 1. The molecule has 0 aliphatic carbocycles. The van der Waals surface area contributed by atoms with Gasteiger partial charge in [0.25, 0.3) is 0 Å². The molecule has 0 spiro atoms. The van der Waals surface area contributed by atoms with Crippen molar-refractivity contribution in [2.75, 3.05) is 5.32 Å². The van der Waals surface area contributed by atoms with Crippen LogP contribution < -0.4 is 5.32 Å². The maximum absolute atomic E-state index is 12.0. The first-order valence-electron chi connectivity index (χ1n) is 5.99. The molecule has 2 atom stereocenters. The second-order valence-electron chi connectivity index (χ2n) is 4.26. The number of hydrogen-bond acceptors (Lipinski definition) is 5. The minimum absolute atomic E-state index is 0.0652. The van der Waals surface area contributed by atoms with Crippen LogP contribution in [0.4, 0.5) is 5.88 Å². The molecule has 0 radical (unpaired) electrons. The van der Waals surface area contributed by atoms with Gasteiger partial charge in [0.15, 0.2) is 0 Å². The van der Waals surface area contributed by atoms with Gasteiger partial charge in [-0.15, -0.1) is 23.1 Å². The summed E-state index contributed by atoms with van der Waals surface area (Å²) in [5.41, 5.74) is 0.752. The van der Waals surface area contributed by atoms with E-state index in [0.29, 0.717) is 11.1 Å². The molecule has 0 bridgehead atoms. The van der Waals surface area contributed by atoms with Gasteiger partial charge in [-0.1, -0.05) is 11.2 Å². The Morgan fingerprint density at radius 2 is 2.32 bits per heavy atom. The molecular formula is C13H16N2O2S2. The second-order valence-corrected chi connectivity index (χ2v) is 6.92. The number of carbonyl (C=O) groups is 1. The van der Waals surface area contributed by atoms with Gasteiger partial charge in [-0.3, -0.25) is 10.1 Å². The number of hydrogen-bond donors (Lipinski definition) is 1. The summed E-state index contributed by atoms with van der Waals surface area (Å²) in [6.07, 6.45) is 0. The van der Waals surface area contributed by atoms with Crippen LogP contribution in [0.2, 0.25) is 0 Å². The molecule has 2 aromatic heterocycles. The molecule has 19 heavy (non-hydrogen) atoms. The van der Waals surface area contributed by atoms with E-state index in [2.05, 4.69) is 28.8 Å². The van der Waals surface area contributed by atoms with Gasteiger partial charge in [-0.2, -0.15) is 0 Å². The zero-order chi connectivity index (χ0) is 13.8. The highest BCUT2D eigenvalue weighted by Gasteiger charge is 2.19. The molecule has 0 aliphatic heterocycles. The van der Waals surface area contributed by atoms with Crippen molar-refractivity contribution in [1.82, 2.24) is 5.16 Å². The minimum Gasteiger partial charge on any atom is -0.338 e. The van der Waals surface area contributed by atoms with Crippen LogP contribution in [0.5, 0.6) is 0 Å². The van der Waals surface area contributed by atoms with Crippen LogP contribution in [0.3, 0.4) is 0 Å². The molecule has 102 valence electrons. The molecule has 0 unspecified atom stereocenters. The summed E-state index contributed by atoms with van der Waals surface area (Å²) >= 11 is 3.34. The lowest BCUT2D eigenvalue weighted by Gasteiger charge is -2.15. The van der Waals surface area contributed by atoms with Crippen molar-refractivity contribution < 1.29 is 9.32 Å². The Labute approximate surface area is 120 Å². The topological polar surface area (TPSA) is 55.1 Å². The molecule has 0 saturated carbocycles. The van der Waals surface area contributed by atoms with Gasteiger partial charge in [0.1, 0.15) is 0 Å². The van der Waals surface area contributed by atoms with Crippen LogP contribution in [0.25, 0.3) is 0 Å². The van der Waals surface area contributed by atoms with Gasteiger partial charge in [0, 0.05) is 16.2 Å². The van der Waals surface area contributed by atoms with Gasteiger partial charge in [-0.25, -0.2) is 0 Å². The number of nitrogens with one attached hydrogen (secondary N) is 1. The first kappa shape index (κ1) is 14.1. The zero-order valence-corrected chi connectivity index (χ0v) is 12.7. The Hall–Kier alpha value is -1.27. The molecule has 2 heterocycles. The third-order valence-electron chi connectivity index (χ3n) is 2.60. The molecule has 0 saturated heterocycles. The Kier molecular flexibility index (Phi) is 4.66. The predicted molar refractivity (Wildman–Crippen MR) is 79.7 cm³/mol. The Bertz CT molecular complexity index is 537. The van der Waals surface area contributed by atoms with Crippen LogP contribution in [0, 0.1) is 6.92 Å². The fraction of sp³-hybridized carbons (Fsp3) is 0.385. The number of aryl methyl sites for hydroxylation is 1. The summed E-state index contributed by atoms with van der Waals surface area (Å²) < 4.78 is 4.97. The maximum Gasteiger partial charge on any atom is 0.239 e. The zero-order valence-electron chi connectivity index (χ0n) is 11.0. The molecule has 6 heteroatoms. The fourth-order valence-electron chi connectivity index (χ4n) is 1.60. The average molecular weight is 296 g/mol. The standard InChI is InChI=1S/C13H16N2O2S2/c1-8-7-12(17-15-8)14-13(16)10(3)19-9(2)11-5-4-6-18-11/h4-7,9-10H,1-3H3,(H,14,16)/t9-,10+/m0/s1. The number of nitrogens with zero attached hydrogens (tertiary/aromatic N) is 1. The smallest absolute Gasteiger partial charge is 0.239 e. The van der Waals surface area contributed by atoms with Crippen molar-refractivity contribution >= 4 is 34.9 Å². The van der Waals surface area contributed by atoms with Crippen LogP contribution in [-0.4, -0.2) is 16.3 Å². The molecule has 2 aromatic rings. The number of rotatable bonds is 5. The molecule has 0 aromatic carbocycles. The lowest BCUT2D eigenvalue weighted by molar-refractivity contribution is -0.115. The van der Waals surface area contributed by atoms with Gasteiger partial charge in [-0.05, 0) is 32.2 Å². The van der Waals surface area contributed by atoms with Crippen molar-refractivity contribution in [3.05, 3.63) is 34.2 Å². The first-order valence-corrected chi connectivity index (χ1v) is 7.81. The normalized spacial score (nSPS) is 14.1. The minimum atomic E-state index is -0.150. The lowest BCUT2D eigenvalue weighted by Crippen LogP contribution is -2.22. The van der Waals surface area contributed by atoms with E-state index >= 15 is 0 Å². The second kappa shape index (κ2) is 6.25. The van der Waals surface area contributed by atoms with E-state index in [4.69, 9.17) is 4.52 Å². The number of anilines is 1. The Morgan fingerprint density at radius 1 is 1.53 bits per heavy atom. The van der Waals surface area contributed by atoms with Crippen molar-refractivity contribution in [3.63, 3.8) is 0 Å². The van der Waals surface area contributed by atoms with Crippen molar-refractivity contribution in [2.45, 2.75) is 31.3 Å². The van der Waals surface area contributed by atoms with Crippen molar-refractivity contribution in [1.29, 1.82) is 0 Å². The lowest BCUT2D eigenvalue weighted by atomic mass is 10.4. The van der Waals surface area contributed by atoms with Gasteiger partial charge in [0.05, 0.1) is 10.9 Å². The Balaban J connectivity index is 1.89. The van der Waals surface area contributed by atoms with E-state index in [1.807, 2.05) is 19.9 Å². The van der Waals surface area contributed by atoms with Crippen LogP contribution in [0.1, 0.15) is 29.7 Å². The number of thioether (sulfide) groups is 1. The highest BCUT2D eigenvalue weighted by molar-refractivity contribution is 8.00. The van der Waals surface area contributed by atoms with Gasteiger partial charge in [0.2, 0.25) is 11.8 Å². The molecular weight excluding hydrogens is 280 g/mol. The van der Waals surface area contributed by atoms with Crippen LogP contribution >= 0.6 is 23.1 Å². The fourth-order valence-corrected chi connectivity index (χ4v) is 3.61. The monoisotopic (exact) mass is 296 g/mol. The summed E-state index contributed by atoms with van der Waals surface area (Å²) in [7, 11) is 0. The van der Waals surface area contributed by atoms with Crippen molar-refractivity contribution in [2.24, 2.45) is 0 Å². The average Bonchev–Trinajstić information content (AvgIpc) is 3.00. The highest BCUT2D eigenvalue weighted by Crippen LogP contribution is 2.34. The predicted octanol–water partition coefficient (Wildman–Crippen LogP) is 3.87. The van der Waals surface area contributed by atoms with E-state index < -0.39 is 0 Å². The van der Waals surface area contributed by atoms with E-state index in [0.717, 1.165) is 5.69 Å². The Morgan fingerprint density at radius 3 is 2.89 bits per heavy atom. The third kappa shape index (κ3) is 3.84. The summed E-state index contributed by atoms with van der Waals surface area (Å²) in [4.78, 5) is 13.3. The van der Waals surface area contributed by atoms with E-state index in [9.17, 15) is 4.79 Å². The number of amides is 1. The van der Waals surface area contributed by atoms with Gasteiger partial charge >= 0.3 is 0 Å². The van der Waals surface area contributed by atoms with Crippen LogP contribution in [-0.2, 0) is 4.79 Å². The quantitative estimate of drug-likeness (QED) is 0.910. The molecule has 4 nitrogen and oxygen atoms in total. The summed E-state index contributed by atoms with van der Waals surface area (Å²) in [6, 6.07) is 5.82. The number of thiophene rings is 1. The highest BCUT2D eigenvalue weighted by atomic mass is 32.2. The largest absolute Gasteiger partial charge is 0.338 e. The molecule has 1 N–H and O–H groups in total. The van der Waals surface area contributed by atoms with E-state index in [1.54, 1.807) is 29.2 Å². The molecule has 2 rings (SSSR count). The molecule has 0 fully saturated rings. The number of aromatic nitrogens is 1. The SMILES string of the molecule is Cc1cc(NC(=O)[C@@H](C)S[C@@H](C)c2cccs2)on1. The summed E-state index contributed by atoms with van der Waals surface area (Å²) in [5.74, 6) is 0.336. The first-order chi connectivity index (χ1) is 9.06. The summed E-state index contributed by atoms with van der Waals surface area (Å²) in [6.45, 7) is 5.82. The van der Waals surface area contributed by atoms with Gasteiger partial charge < -0.3 is 4.52 Å². The molecule has 0 aliphatic rings. The van der Waals surface area contributed by atoms with Crippen LogP contribution in [0.15, 0.2) is 28.1 Å². The molecule has 1 amide bonds. The van der Waals surface area contributed by atoms with Crippen molar-refractivity contribution in [3.8, 4) is 0 Å². The van der Waals surface area contributed by atoms with E-state index in [1.165, 1.54) is 4.88 Å². The van der Waals surface area contributed by atoms with E-state index in [-0.39, 0.29) is 11.2 Å².